The average Bonchev–Trinajstić information content (AvgIpc) is 2.63. The number of ketones is 1. The Morgan fingerprint density at radius 1 is 1.47 bits per heavy atom. The minimum atomic E-state index is -0.0272. The van der Waals surface area contributed by atoms with E-state index in [4.69, 9.17) is 0 Å². The highest BCUT2D eigenvalue weighted by Crippen LogP contribution is 2.24. The monoisotopic (exact) mass is 281 g/mol. The molecule has 0 unspecified atom stereocenters. The molecule has 0 aliphatic heterocycles. The van der Waals surface area contributed by atoms with E-state index in [-0.39, 0.29) is 5.78 Å². The Hall–Kier alpha value is -1.00. The van der Waals surface area contributed by atoms with Gasteiger partial charge in [0, 0.05) is 10.7 Å². The lowest BCUT2D eigenvalue weighted by atomic mass is 10.2. The number of rotatable bonds is 2. The van der Waals surface area contributed by atoms with Crippen LogP contribution in [0.2, 0.25) is 0 Å². The maximum atomic E-state index is 12.0. The first kappa shape index (κ1) is 10.5. The summed E-state index contributed by atoms with van der Waals surface area (Å²) in [7, 11) is 0. The highest BCUT2D eigenvalue weighted by Gasteiger charge is 2.14. The van der Waals surface area contributed by atoms with Gasteiger partial charge in [-0.1, -0.05) is 0 Å². The Labute approximate surface area is 100 Å². The van der Waals surface area contributed by atoms with Crippen molar-refractivity contribution in [1.82, 2.24) is 4.98 Å². The van der Waals surface area contributed by atoms with Gasteiger partial charge in [-0.2, -0.15) is 0 Å². The van der Waals surface area contributed by atoms with Crippen molar-refractivity contribution in [3.63, 3.8) is 0 Å². The number of carbonyl (C=O) groups is 1. The Morgan fingerprint density at radius 3 is 2.87 bits per heavy atom. The molecule has 0 radical (unpaired) electrons. The van der Waals surface area contributed by atoms with Gasteiger partial charge >= 0.3 is 0 Å². The van der Waals surface area contributed by atoms with Gasteiger partial charge in [0.2, 0.25) is 5.78 Å². The van der Waals surface area contributed by atoms with Gasteiger partial charge in [-0.15, -0.1) is 11.3 Å². The average molecular weight is 282 g/mol. The molecule has 15 heavy (non-hydrogen) atoms. The number of thiophene rings is 1. The molecule has 0 atom stereocenters. The summed E-state index contributed by atoms with van der Waals surface area (Å²) in [5.74, 6) is -0.0272. The van der Waals surface area contributed by atoms with Gasteiger partial charge in [-0.3, -0.25) is 9.78 Å². The van der Waals surface area contributed by atoms with Crippen molar-refractivity contribution in [2.24, 2.45) is 0 Å². The molecule has 76 valence electrons. The van der Waals surface area contributed by atoms with E-state index in [2.05, 4.69) is 20.9 Å². The third-order valence-electron chi connectivity index (χ3n) is 1.97. The Kier molecular flexibility index (Phi) is 2.98. The number of pyridine rings is 1. The van der Waals surface area contributed by atoms with Gasteiger partial charge in [-0.25, -0.2) is 0 Å². The summed E-state index contributed by atoms with van der Waals surface area (Å²) in [6.07, 6.45) is 1.66. The molecule has 0 aromatic carbocycles. The Balaban J connectivity index is 2.41. The molecule has 0 aliphatic rings. The molecule has 0 saturated heterocycles. The molecular weight excluding hydrogens is 274 g/mol. The second kappa shape index (κ2) is 4.24. The van der Waals surface area contributed by atoms with Gasteiger partial charge in [0.1, 0.15) is 5.69 Å². The van der Waals surface area contributed by atoms with E-state index < -0.39 is 0 Å². The summed E-state index contributed by atoms with van der Waals surface area (Å²) in [6.45, 7) is 1.95. The van der Waals surface area contributed by atoms with Crippen LogP contribution in [0.5, 0.6) is 0 Å². The summed E-state index contributed by atoms with van der Waals surface area (Å²) in [5, 5.41) is 1.88. The van der Waals surface area contributed by atoms with Crippen LogP contribution in [0, 0.1) is 6.92 Å². The second-order valence-electron chi connectivity index (χ2n) is 3.15. The lowest BCUT2D eigenvalue weighted by Gasteiger charge is -1.99. The Bertz CT molecular complexity index is 507. The zero-order chi connectivity index (χ0) is 10.8. The van der Waals surface area contributed by atoms with Gasteiger partial charge in [-0.05, 0) is 52.0 Å². The third kappa shape index (κ3) is 2.16. The fourth-order valence-electron chi connectivity index (χ4n) is 1.23. The fourth-order valence-corrected chi connectivity index (χ4v) is 2.73. The quantitative estimate of drug-likeness (QED) is 0.790. The number of carbonyl (C=O) groups excluding carboxylic acids is 1. The number of nitrogens with zero attached hydrogens (tertiary/aromatic N) is 1. The third-order valence-corrected chi connectivity index (χ3v) is 3.81. The number of aryl methyl sites for hydroxylation is 1. The van der Waals surface area contributed by atoms with Crippen molar-refractivity contribution >= 4 is 33.0 Å². The van der Waals surface area contributed by atoms with Crippen LogP contribution in [0.25, 0.3) is 0 Å². The van der Waals surface area contributed by atoms with Gasteiger partial charge < -0.3 is 0 Å². The Morgan fingerprint density at radius 2 is 2.27 bits per heavy atom. The largest absolute Gasteiger partial charge is 0.286 e. The van der Waals surface area contributed by atoms with Crippen molar-refractivity contribution in [1.29, 1.82) is 0 Å². The number of aromatic nitrogens is 1. The van der Waals surface area contributed by atoms with E-state index >= 15 is 0 Å². The highest BCUT2D eigenvalue weighted by atomic mass is 79.9. The molecule has 2 nitrogen and oxygen atoms in total. The van der Waals surface area contributed by atoms with Crippen LogP contribution < -0.4 is 0 Å². The molecule has 0 saturated carbocycles. The van der Waals surface area contributed by atoms with E-state index in [1.165, 1.54) is 11.3 Å². The van der Waals surface area contributed by atoms with E-state index in [0.29, 0.717) is 10.6 Å². The maximum absolute atomic E-state index is 12.0. The van der Waals surface area contributed by atoms with Gasteiger partial charge in [0.05, 0.1) is 4.88 Å². The van der Waals surface area contributed by atoms with E-state index in [1.54, 1.807) is 12.3 Å². The summed E-state index contributed by atoms with van der Waals surface area (Å²) in [5.41, 5.74) is 1.54. The molecule has 2 rings (SSSR count). The van der Waals surface area contributed by atoms with Crippen LogP contribution in [0.3, 0.4) is 0 Å². The number of halogens is 1. The van der Waals surface area contributed by atoms with Gasteiger partial charge in [0.15, 0.2) is 0 Å². The van der Waals surface area contributed by atoms with Crippen LogP contribution in [-0.2, 0) is 0 Å². The second-order valence-corrected chi connectivity index (χ2v) is 4.92. The zero-order valence-electron chi connectivity index (χ0n) is 8.03. The minimum absolute atomic E-state index is 0.0272. The van der Waals surface area contributed by atoms with Crippen molar-refractivity contribution in [2.75, 3.05) is 0 Å². The summed E-state index contributed by atoms with van der Waals surface area (Å²) < 4.78 is 0.834. The molecule has 0 fully saturated rings. The first-order chi connectivity index (χ1) is 7.18. The SMILES string of the molecule is Cc1ccnc(C(=O)c2sccc2Br)c1. The van der Waals surface area contributed by atoms with Crippen LogP contribution in [0.15, 0.2) is 34.2 Å². The maximum Gasteiger partial charge on any atom is 0.222 e. The molecule has 0 aliphatic carbocycles. The predicted molar refractivity (Wildman–Crippen MR) is 64.4 cm³/mol. The topological polar surface area (TPSA) is 30.0 Å². The van der Waals surface area contributed by atoms with Crippen LogP contribution in [-0.4, -0.2) is 10.8 Å². The van der Waals surface area contributed by atoms with Gasteiger partial charge in [0.25, 0.3) is 0 Å². The fraction of sp³-hybridized carbons (Fsp3) is 0.0909. The standard InChI is InChI=1S/C11H8BrNOS/c1-7-2-4-13-9(6-7)10(14)11-8(12)3-5-15-11/h2-6H,1H3. The first-order valence-electron chi connectivity index (χ1n) is 4.39. The molecule has 0 N–H and O–H groups in total. The number of hydrogen-bond donors (Lipinski definition) is 0. The molecule has 0 spiro atoms. The number of hydrogen-bond acceptors (Lipinski definition) is 3. The van der Waals surface area contributed by atoms with E-state index in [0.717, 1.165) is 10.0 Å². The normalized spacial score (nSPS) is 10.3. The molecule has 2 heterocycles. The van der Waals surface area contributed by atoms with E-state index in [1.807, 2.05) is 24.4 Å². The van der Waals surface area contributed by atoms with Crippen molar-refractivity contribution in [2.45, 2.75) is 6.92 Å². The summed E-state index contributed by atoms with van der Waals surface area (Å²) in [4.78, 5) is 16.8. The molecule has 4 heteroatoms. The predicted octanol–water partition coefficient (Wildman–Crippen LogP) is 3.45. The highest BCUT2D eigenvalue weighted by molar-refractivity contribution is 9.10. The molecule has 2 aromatic heterocycles. The molecular formula is C11H8BrNOS. The molecule has 2 aromatic rings. The lowest BCUT2D eigenvalue weighted by molar-refractivity contribution is 0.103. The van der Waals surface area contributed by atoms with Crippen molar-refractivity contribution < 1.29 is 4.79 Å². The van der Waals surface area contributed by atoms with Crippen molar-refractivity contribution in [3.8, 4) is 0 Å². The zero-order valence-corrected chi connectivity index (χ0v) is 10.4. The summed E-state index contributed by atoms with van der Waals surface area (Å²) in [6, 6.07) is 5.54. The minimum Gasteiger partial charge on any atom is -0.286 e. The van der Waals surface area contributed by atoms with Crippen molar-refractivity contribution in [3.05, 3.63) is 50.4 Å². The van der Waals surface area contributed by atoms with Crippen LogP contribution >= 0.6 is 27.3 Å². The lowest BCUT2D eigenvalue weighted by Crippen LogP contribution is -2.02. The van der Waals surface area contributed by atoms with Crippen LogP contribution in [0.4, 0.5) is 0 Å². The smallest absolute Gasteiger partial charge is 0.222 e. The molecule has 0 bridgehead atoms. The summed E-state index contributed by atoms with van der Waals surface area (Å²) >= 11 is 4.77. The van der Waals surface area contributed by atoms with Crippen LogP contribution in [0.1, 0.15) is 20.9 Å². The first-order valence-corrected chi connectivity index (χ1v) is 6.06. The molecule has 0 amide bonds. The van der Waals surface area contributed by atoms with E-state index in [9.17, 15) is 4.79 Å².